The predicted molar refractivity (Wildman–Crippen MR) is 112 cm³/mol. The number of rotatable bonds is 6. The molecule has 1 aromatic carbocycles. The number of carbonyl (C=O) groups excluding carboxylic acids is 2. The summed E-state index contributed by atoms with van der Waals surface area (Å²) in [5.41, 5.74) is 2.38. The number of fused-ring (bicyclic) bond motifs is 1. The van der Waals surface area contributed by atoms with Gasteiger partial charge >= 0.3 is 0 Å². The van der Waals surface area contributed by atoms with Gasteiger partial charge in [0.2, 0.25) is 5.91 Å². The first-order chi connectivity index (χ1) is 12.9. The minimum atomic E-state index is -0.288. The Morgan fingerprint density at radius 1 is 1.26 bits per heavy atom. The fraction of sp³-hybridized carbons (Fsp3) is 0.300. The Bertz CT molecular complexity index is 1010. The van der Waals surface area contributed by atoms with Gasteiger partial charge in [0.15, 0.2) is 5.78 Å². The van der Waals surface area contributed by atoms with Crippen LogP contribution in [0, 0.1) is 13.8 Å². The van der Waals surface area contributed by atoms with Gasteiger partial charge in [-0.2, -0.15) is 0 Å². The van der Waals surface area contributed by atoms with E-state index < -0.39 is 0 Å². The number of thioether (sulfide) groups is 1. The fourth-order valence-electron chi connectivity index (χ4n) is 2.74. The van der Waals surface area contributed by atoms with E-state index >= 15 is 0 Å². The van der Waals surface area contributed by atoms with Crippen LogP contribution in [0.2, 0.25) is 0 Å². The highest BCUT2D eigenvalue weighted by Gasteiger charge is 2.22. The zero-order chi connectivity index (χ0) is 19.6. The predicted octanol–water partition coefficient (Wildman–Crippen LogP) is 5.02. The monoisotopic (exact) mass is 399 g/mol. The summed E-state index contributed by atoms with van der Waals surface area (Å²) in [7, 11) is 0. The molecule has 0 spiro atoms. The smallest absolute Gasteiger partial charge is 0.237 e. The van der Waals surface area contributed by atoms with E-state index in [0.29, 0.717) is 17.7 Å². The quantitative estimate of drug-likeness (QED) is 0.358. The highest BCUT2D eigenvalue weighted by atomic mass is 32.2. The van der Waals surface area contributed by atoms with Gasteiger partial charge < -0.3 is 5.32 Å². The summed E-state index contributed by atoms with van der Waals surface area (Å²) in [6.07, 6.45) is 2.22. The van der Waals surface area contributed by atoms with Gasteiger partial charge in [0, 0.05) is 21.5 Å². The third kappa shape index (κ3) is 4.20. The van der Waals surface area contributed by atoms with E-state index in [4.69, 9.17) is 0 Å². The Hall–Kier alpha value is -2.25. The van der Waals surface area contributed by atoms with Crippen LogP contribution in [-0.2, 0) is 4.79 Å². The molecule has 0 saturated carbocycles. The molecule has 0 bridgehead atoms. The lowest BCUT2D eigenvalue weighted by molar-refractivity contribution is -0.115. The summed E-state index contributed by atoms with van der Waals surface area (Å²) >= 11 is 3.11. The second-order valence-electron chi connectivity index (χ2n) is 6.28. The Labute approximate surface area is 166 Å². The van der Waals surface area contributed by atoms with Crippen molar-refractivity contribution in [2.45, 2.75) is 44.4 Å². The van der Waals surface area contributed by atoms with E-state index in [-0.39, 0.29) is 16.9 Å². The molecule has 0 fully saturated rings. The second kappa shape index (κ2) is 8.19. The number of aryl methyl sites for hydroxylation is 2. The summed E-state index contributed by atoms with van der Waals surface area (Å²) in [6, 6.07) is 7.00. The highest BCUT2D eigenvalue weighted by molar-refractivity contribution is 8.00. The van der Waals surface area contributed by atoms with Crippen LogP contribution in [0.1, 0.15) is 41.1 Å². The molecule has 5 nitrogen and oxygen atoms in total. The Kier molecular flexibility index (Phi) is 5.92. The molecular weight excluding hydrogens is 378 g/mol. The van der Waals surface area contributed by atoms with Gasteiger partial charge in [0.1, 0.15) is 16.2 Å². The summed E-state index contributed by atoms with van der Waals surface area (Å²) in [5.74, 6) is -0.126. The molecule has 2 aromatic heterocycles. The molecule has 0 saturated heterocycles. The number of Topliss-reactive ketones (excluding diaryl/α,β-unsaturated/α-hetero) is 1. The molecule has 2 heterocycles. The molecule has 140 valence electrons. The molecule has 0 radical (unpaired) electrons. The Balaban J connectivity index is 1.82. The van der Waals surface area contributed by atoms with Gasteiger partial charge in [0.05, 0.1) is 5.25 Å². The normalized spacial score (nSPS) is 12.1. The SMILES string of the molecule is CCC(Sc1ncnc2sc(C)c(C)c12)C(=O)Nc1cccc(C(C)=O)c1. The molecule has 27 heavy (non-hydrogen) atoms. The van der Waals surface area contributed by atoms with E-state index in [1.165, 1.54) is 29.1 Å². The van der Waals surface area contributed by atoms with Crippen molar-refractivity contribution in [1.82, 2.24) is 9.97 Å². The fourth-order valence-corrected chi connectivity index (χ4v) is 4.87. The van der Waals surface area contributed by atoms with Crippen molar-refractivity contribution in [2.24, 2.45) is 0 Å². The van der Waals surface area contributed by atoms with Gasteiger partial charge in [0.25, 0.3) is 0 Å². The van der Waals surface area contributed by atoms with Crippen molar-refractivity contribution in [1.29, 1.82) is 0 Å². The topological polar surface area (TPSA) is 72.0 Å². The van der Waals surface area contributed by atoms with Gasteiger partial charge in [-0.25, -0.2) is 9.97 Å². The molecule has 1 N–H and O–H groups in total. The van der Waals surface area contributed by atoms with Crippen molar-refractivity contribution >= 4 is 50.7 Å². The van der Waals surface area contributed by atoms with Gasteiger partial charge in [-0.1, -0.05) is 30.8 Å². The van der Waals surface area contributed by atoms with E-state index in [2.05, 4.69) is 29.1 Å². The molecule has 0 aliphatic carbocycles. The van der Waals surface area contributed by atoms with Crippen molar-refractivity contribution in [3.63, 3.8) is 0 Å². The molecule has 1 atom stereocenters. The van der Waals surface area contributed by atoms with Crippen LogP contribution < -0.4 is 5.32 Å². The molecule has 7 heteroatoms. The maximum atomic E-state index is 12.8. The van der Waals surface area contributed by atoms with Crippen LogP contribution in [0.3, 0.4) is 0 Å². The summed E-state index contributed by atoms with van der Waals surface area (Å²) in [4.78, 5) is 35.3. The van der Waals surface area contributed by atoms with Crippen molar-refractivity contribution in [3.05, 3.63) is 46.6 Å². The average Bonchev–Trinajstić information content (AvgIpc) is 2.94. The number of thiophene rings is 1. The standard InChI is InChI=1S/C20H21N3O2S2/c1-5-16(18(25)23-15-8-6-7-14(9-15)12(3)24)27-20-17-11(2)13(4)26-19(17)21-10-22-20/h6-10,16H,5H2,1-4H3,(H,23,25). The maximum absolute atomic E-state index is 12.8. The molecule has 0 aliphatic heterocycles. The number of nitrogens with one attached hydrogen (secondary N) is 1. The molecule has 3 rings (SSSR count). The van der Waals surface area contributed by atoms with Gasteiger partial charge in [-0.05, 0) is 44.9 Å². The van der Waals surface area contributed by atoms with Crippen molar-refractivity contribution in [3.8, 4) is 0 Å². The van der Waals surface area contributed by atoms with Crippen LogP contribution in [-0.4, -0.2) is 26.9 Å². The van der Waals surface area contributed by atoms with Crippen LogP contribution in [0.15, 0.2) is 35.6 Å². The van der Waals surface area contributed by atoms with Crippen LogP contribution in [0.4, 0.5) is 5.69 Å². The largest absolute Gasteiger partial charge is 0.325 e. The molecule has 0 aliphatic rings. The van der Waals surface area contributed by atoms with E-state index in [0.717, 1.165) is 15.2 Å². The Morgan fingerprint density at radius 2 is 2.04 bits per heavy atom. The number of carbonyl (C=O) groups is 2. The first-order valence-corrected chi connectivity index (χ1v) is 10.4. The molecule has 1 unspecified atom stereocenters. The minimum Gasteiger partial charge on any atom is -0.325 e. The number of hydrogen-bond acceptors (Lipinski definition) is 6. The van der Waals surface area contributed by atoms with Crippen molar-refractivity contribution in [2.75, 3.05) is 5.32 Å². The first-order valence-electron chi connectivity index (χ1n) is 8.70. The van der Waals surface area contributed by atoms with Crippen molar-refractivity contribution < 1.29 is 9.59 Å². The lowest BCUT2D eigenvalue weighted by Crippen LogP contribution is -2.24. The van der Waals surface area contributed by atoms with E-state index in [9.17, 15) is 9.59 Å². The molecule has 3 aromatic rings. The highest BCUT2D eigenvalue weighted by Crippen LogP contribution is 2.36. The van der Waals surface area contributed by atoms with Crippen LogP contribution >= 0.6 is 23.1 Å². The van der Waals surface area contributed by atoms with Crippen LogP contribution in [0.5, 0.6) is 0 Å². The minimum absolute atomic E-state index is 0.0285. The Morgan fingerprint density at radius 3 is 2.74 bits per heavy atom. The van der Waals surface area contributed by atoms with E-state index in [1.54, 1.807) is 41.9 Å². The lowest BCUT2D eigenvalue weighted by atomic mass is 10.1. The zero-order valence-electron chi connectivity index (χ0n) is 15.7. The third-order valence-corrected chi connectivity index (χ3v) is 6.86. The number of amides is 1. The first kappa shape index (κ1) is 19.5. The summed E-state index contributed by atoms with van der Waals surface area (Å²) in [5, 5.41) is 4.51. The van der Waals surface area contributed by atoms with Gasteiger partial charge in [-0.15, -0.1) is 11.3 Å². The van der Waals surface area contributed by atoms with Crippen LogP contribution in [0.25, 0.3) is 10.2 Å². The number of hydrogen-bond donors (Lipinski definition) is 1. The van der Waals surface area contributed by atoms with E-state index in [1.807, 2.05) is 6.92 Å². The number of ketones is 1. The molecular formula is C20H21N3O2S2. The zero-order valence-corrected chi connectivity index (χ0v) is 17.3. The lowest BCUT2D eigenvalue weighted by Gasteiger charge is -2.15. The number of anilines is 1. The average molecular weight is 400 g/mol. The number of benzene rings is 1. The maximum Gasteiger partial charge on any atom is 0.237 e. The number of nitrogens with zero attached hydrogens (tertiary/aromatic N) is 2. The summed E-state index contributed by atoms with van der Waals surface area (Å²) in [6.45, 7) is 7.63. The second-order valence-corrected chi connectivity index (χ2v) is 8.68. The van der Waals surface area contributed by atoms with Gasteiger partial charge in [-0.3, -0.25) is 9.59 Å². The number of aromatic nitrogens is 2. The molecule has 1 amide bonds. The summed E-state index contributed by atoms with van der Waals surface area (Å²) < 4.78 is 0. The third-order valence-electron chi connectivity index (χ3n) is 4.38.